The second-order valence-electron chi connectivity index (χ2n) is 5.00. The van der Waals surface area contributed by atoms with Crippen molar-refractivity contribution in [2.45, 2.75) is 20.4 Å². The fourth-order valence-electron chi connectivity index (χ4n) is 1.91. The van der Waals surface area contributed by atoms with Crippen LogP contribution in [0.25, 0.3) is 6.08 Å². The molecular weight excluding hydrogens is 276 g/mol. The van der Waals surface area contributed by atoms with E-state index in [1.807, 2.05) is 16.3 Å². The fourth-order valence-corrected chi connectivity index (χ4v) is 2.82. The van der Waals surface area contributed by atoms with Crippen LogP contribution in [0, 0.1) is 5.92 Å². The Morgan fingerprint density at radius 2 is 2.20 bits per heavy atom. The third-order valence-electron chi connectivity index (χ3n) is 2.56. The molecule has 1 rings (SSSR count). The summed E-state index contributed by atoms with van der Waals surface area (Å²) in [7, 11) is 0. The van der Waals surface area contributed by atoms with Crippen LogP contribution < -0.4 is 5.73 Å². The summed E-state index contributed by atoms with van der Waals surface area (Å²) < 4.78 is 0. The molecule has 0 saturated carbocycles. The van der Waals surface area contributed by atoms with Gasteiger partial charge in [0, 0.05) is 24.0 Å². The van der Waals surface area contributed by atoms with Crippen molar-refractivity contribution in [3.63, 3.8) is 0 Å². The number of amides is 1. The number of carboxylic acids is 1. The van der Waals surface area contributed by atoms with Crippen LogP contribution in [0.5, 0.6) is 0 Å². The number of aliphatic carboxylic acids is 1. The Morgan fingerprint density at radius 3 is 2.75 bits per heavy atom. The molecule has 1 aromatic rings. The molecule has 0 saturated heterocycles. The molecule has 1 amide bonds. The number of primary amides is 1. The molecular formula is C14H20N2O3S. The first-order valence-corrected chi connectivity index (χ1v) is 7.24. The van der Waals surface area contributed by atoms with Crippen LogP contribution >= 0.6 is 11.3 Å². The minimum absolute atomic E-state index is 0.207. The highest BCUT2D eigenvalue weighted by Crippen LogP contribution is 2.21. The van der Waals surface area contributed by atoms with E-state index in [1.54, 1.807) is 17.4 Å². The molecule has 0 aliphatic rings. The molecule has 0 atom stereocenters. The zero-order valence-electron chi connectivity index (χ0n) is 11.7. The largest absolute Gasteiger partial charge is 0.478 e. The van der Waals surface area contributed by atoms with Gasteiger partial charge in [-0.2, -0.15) is 0 Å². The van der Waals surface area contributed by atoms with Crippen molar-refractivity contribution in [2.75, 3.05) is 13.1 Å². The number of carboxylic acid groups (broad SMARTS) is 1. The molecule has 1 heterocycles. The van der Waals surface area contributed by atoms with E-state index < -0.39 is 5.97 Å². The van der Waals surface area contributed by atoms with E-state index in [4.69, 9.17) is 10.8 Å². The van der Waals surface area contributed by atoms with E-state index in [0.29, 0.717) is 12.5 Å². The maximum absolute atomic E-state index is 11.1. The van der Waals surface area contributed by atoms with Crippen molar-refractivity contribution in [2.24, 2.45) is 11.7 Å². The zero-order valence-corrected chi connectivity index (χ0v) is 12.5. The van der Waals surface area contributed by atoms with Gasteiger partial charge in [-0.1, -0.05) is 13.8 Å². The number of carbonyl (C=O) groups is 2. The van der Waals surface area contributed by atoms with Crippen LogP contribution in [0.1, 0.15) is 24.3 Å². The molecule has 5 nitrogen and oxygen atoms in total. The highest BCUT2D eigenvalue weighted by atomic mass is 32.1. The van der Waals surface area contributed by atoms with Gasteiger partial charge in [-0.05, 0) is 29.0 Å². The highest BCUT2D eigenvalue weighted by Gasteiger charge is 2.13. The smallest absolute Gasteiger partial charge is 0.328 e. The monoisotopic (exact) mass is 296 g/mol. The number of carbonyl (C=O) groups excluding carboxylic acids is 1. The summed E-state index contributed by atoms with van der Waals surface area (Å²) in [6.45, 7) is 5.72. The van der Waals surface area contributed by atoms with E-state index in [-0.39, 0.29) is 12.5 Å². The second-order valence-corrected chi connectivity index (χ2v) is 6.00. The van der Waals surface area contributed by atoms with Gasteiger partial charge >= 0.3 is 5.97 Å². The normalized spacial score (nSPS) is 11.6. The van der Waals surface area contributed by atoms with E-state index >= 15 is 0 Å². The van der Waals surface area contributed by atoms with Crippen LogP contribution in [-0.4, -0.2) is 35.0 Å². The maximum Gasteiger partial charge on any atom is 0.328 e. The maximum atomic E-state index is 11.1. The van der Waals surface area contributed by atoms with E-state index in [0.717, 1.165) is 23.1 Å². The summed E-state index contributed by atoms with van der Waals surface area (Å²) >= 11 is 1.55. The van der Waals surface area contributed by atoms with Crippen molar-refractivity contribution in [1.82, 2.24) is 4.90 Å². The second kappa shape index (κ2) is 7.81. The summed E-state index contributed by atoms with van der Waals surface area (Å²) in [4.78, 5) is 24.7. The molecule has 0 fully saturated rings. The average molecular weight is 296 g/mol. The Hall–Kier alpha value is -1.66. The Kier molecular flexibility index (Phi) is 6.41. The lowest BCUT2D eigenvalue weighted by Gasteiger charge is -2.22. The predicted octanol–water partition coefficient (Wildman–Crippen LogP) is 1.79. The van der Waals surface area contributed by atoms with Gasteiger partial charge in [-0.25, -0.2) is 4.79 Å². The van der Waals surface area contributed by atoms with Gasteiger partial charge in [0.1, 0.15) is 0 Å². The standard InChI is InChI=1S/C14H20N2O3S/c1-10(2)7-16(9-13(15)17)8-12-11(5-6-20-12)3-4-14(18)19/h3-6,10H,7-9H2,1-2H3,(H2,15,17)(H,18,19). The minimum atomic E-state index is -0.974. The lowest BCUT2D eigenvalue weighted by molar-refractivity contribution is -0.131. The summed E-state index contributed by atoms with van der Waals surface area (Å²) in [5, 5.41) is 10.6. The van der Waals surface area contributed by atoms with Crippen molar-refractivity contribution in [3.05, 3.63) is 28.0 Å². The van der Waals surface area contributed by atoms with Gasteiger partial charge in [0.15, 0.2) is 0 Å². The third kappa shape index (κ3) is 5.99. The third-order valence-corrected chi connectivity index (χ3v) is 3.48. The van der Waals surface area contributed by atoms with Gasteiger partial charge in [0.2, 0.25) is 5.91 Å². The highest BCUT2D eigenvalue weighted by molar-refractivity contribution is 7.10. The van der Waals surface area contributed by atoms with E-state index in [9.17, 15) is 9.59 Å². The van der Waals surface area contributed by atoms with Crippen molar-refractivity contribution < 1.29 is 14.7 Å². The summed E-state index contributed by atoms with van der Waals surface area (Å²) in [5.74, 6) is -0.907. The zero-order chi connectivity index (χ0) is 15.1. The number of nitrogens with two attached hydrogens (primary N) is 1. The van der Waals surface area contributed by atoms with Gasteiger partial charge in [-0.3, -0.25) is 9.69 Å². The molecule has 0 aliphatic carbocycles. The lowest BCUT2D eigenvalue weighted by Crippen LogP contribution is -2.35. The molecule has 6 heteroatoms. The molecule has 3 N–H and O–H groups in total. The molecule has 1 aromatic heterocycles. The summed E-state index contributed by atoms with van der Waals surface area (Å²) in [6.07, 6.45) is 2.69. The Morgan fingerprint density at radius 1 is 1.50 bits per heavy atom. The molecule has 0 aromatic carbocycles. The Balaban J connectivity index is 2.80. The topological polar surface area (TPSA) is 83.6 Å². The van der Waals surface area contributed by atoms with Crippen LogP contribution in [0.3, 0.4) is 0 Å². The molecule has 0 unspecified atom stereocenters. The number of rotatable bonds is 8. The number of thiophene rings is 1. The molecule has 0 spiro atoms. The Labute approximate surface area is 122 Å². The van der Waals surface area contributed by atoms with E-state index in [2.05, 4.69) is 13.8 Å². The molecule has 20 heavy (non-hydrogen) atoms. The van der Waals surface area contributed by atoms with Gasteiger partial charge in [0.25, 0.3) is 0 Å². The average Bonchev–Trinajstić information content (AvgIpc) is 2.71. The van der Waals surface area contributed by atoms with Crippen LogP contribution in [0.4, 0.5) is 0 Å². The van der Waals surface area contributed by atoms with E-state index in [1.165, 1.54) is 0 Å². The van der Waals surface area contributed by atoms with Crippen molar-refractivity contribution >= 4 is 29.3 Å². The quantitative estimate of drug-likeness (QED) is 0.716. The predicted molar refractivity (Wildman–Crippen MR) is 80.3 cm³/mol. The summed E-state index contributed by atoms with van der Waals surface area (Å²) in [5.41, 5.74) is 6.14. The number of nitrogens with zero attached hydrogens (tertiary/aromatic N) is 1. The van der Waals surface area contributed by atoms with Gasteiger partial charge in [-0.15, -0.1) is 11.3 Å². The van der Waals surface area contributed by atoms with Gasteiger partial charge < -0.3 is 10.8 Å². The van der Waals surface area contributed by atoms with Gasteiger partial charge in [0.05, 0.1) is 6.54 Å². The molecule has 0 bridgehead atoms. The van der Waals surface area contributed by atoms with Crippen LogP contribution in [0.2, 0.25) is 0 Å². The first kappa shape index (κ1) is 16.4. The lowest BCUT2D eigenvalue weighted by atomic mass is 10.2. The Bertz CT molecular complexity index is 494. The SMILES string of the molecule is CC(C)CN(CC(N)=O)Cc1sccc1C=CC(=O)O. The summed E-state index contributed by atoms with van der Waals surface area (Å²) in [6, 6.07) is 1.87. The first-order chi connectivity index (χ1) is 9.38. The van der Waals surface area contributed by atoms with Crippen LogP contribution in [-0.2, 0) is 16.1 Å². The molecule has 0 aliphatic heterocycles. The number of hydrogen-bond donors (Lipinski definition) is 2. The molecule has 0 radical (unpaired) electrons. The number of hydrogen-bond acceptors (Lipinski definition) is 4. The van der Waals surface area contributed by atoms with Crippen molar-refractivity contribution in [1.29, 1.82) is 0 Å². The van der Waals surface area contributed by atoms with Crippen LogP contribution in [0.15, 0.2) is 17.5 Å². The van der Waals surface area contributed by atoms with Crippen molar-refractivity contribution in [3.8, 4) is 0 Å². The molecule has 110 valence electrons. The first-order valence-electron chi connectivity index (χ1n) is 6.36. The minimum Gasteiger partial charge on any atom is -0.478 e. The fraction of sp³-hybridized carbons (Fsp3) is 0.429.